The smallest absolute Gasteiger partial charge is 0.258 e. The number of nitrogens with zero attached hydrogens (tertiary/aromatic N) is 2. The second-order valence-electron chi connectivity index (χ2n) is 6.43. The molecule has 2 aromatic heterocycles. The van der Waals surface area contributed by atoms with E-state index in [1.54, 1.807) is 17.6 Å². The first kappa shape index (κ1) is 19.9. The first-order valence-electron chi connectivity index (χ1n) is 8.06. The molecule has 0 aliphatic carbocycles. The van der Waals surface area contributed by atoms with E-state index in [-0.39, 0.29) is 22.2 Å². The first-order valence-corrected chi connectivity index (χ1v) is 10.5. The van der Waals surface area contributed by atoms with Crippen molar-refractivity contribution >= 4 is 45.6 Å². The van der Waals surface area contributed by atoms with Crippen LogP contribution < -0.4 is 10.9 Å². The van der Waals surface area contributed by atoms with Gasteiger partial charge in [-0.2, -0.15) is 0 Å². The van der Waals surface area contributed by atoms with Crippen molar-refractivity contribution in [3.63, 3.8) is 0 Å². The van der Waals surface area contributed by atoms with E-state index >= 15 is 0 Å². The average Bonchev–Trinajstić information content (AvgIpc) is 3.03. The van der Waals surface area contributed by atoms with Gasteiger partial charge in [0, 0.05) is 28.4 Å². The van der Waals surface area contributed by atoms with Gasteiger partial charge in [0.05, 0.1) is 17.0 Å². The second kappa shape index (κ2) is 8.00. The van der Waals surface area contributed by atoms with E-state index in [1.165, 1.54) is 45.7 Å². The molecule has 0 saturated heterocycles. The van der Waals surface area contributed by atoms with Crippen LogP contribution in [-0.4, -0.2) is 21.0 Å². The maximum atomic E-state index is 13.2. The van der Waals surface area contributed by atoms with Crippen LogP contribution in [0, 0.1) is 5.82 Å². The van der Waals surface area contributed by atoms with E-state index in [0.717, 1.165) is 0 Å². The van der Waals surface area contributed by atoms with Crippen LogP contribution in [0.3, 0.4) is 0 Å². The third kappa shape index (κ3) is 4.69. The molecule has 27 heavy (non-hydrogen) atoms. The number of rotatable bonds is 6. The highest BCUT2D eigenvalue weighted by molar-refractivity contribution is 7.99. The monoisotopic (exact) mass is 425 g/mol. The lowest BCUT2D eigenvalue weighted by Gasteiger charge is -2.28. The standard InChI is InChI=1S/C18H17ClFN3O2S2/c1-18(2,13-4-3-11(20)7-14(13)19)22-15(24)10-26-9-12-8-16(25)23-5-6-27-17(23)21-12/h3-8H,9-10H2,1-2H3,(H,22,24). The lowest BCUT2D eigenvalue weighted by Crippen LogP contribution is -2.42. The minimum absolute atomic E-state index is 0.131. The summed E-state index contributed by atoms with van der Waals surface area (Å²) < 4.78 is 14.7. The van der Waals surface area contributed by atoms with E-state index in [4.69, 9.17) is 11.6 Å². The molecule has 0 radical (unpaired) electrons. The molecule has 3 rings (SSSR count). The maximum Gasteiger partial charge on any atom is 0.258 e. The summed E-state index contributed by atoms with van der Waals surface area (Å²) >= 11 is 8.85. The van der Waals surface area contributed by atoms with E-state index in [0.29, 0.717) is 22.0 Å². The summed E-state index contributed by atoms with van der Waals surface area (Å²) in [6.07, 6.45) is 1.68. The van der Waals surface area contributed by atoms with Gasteiger partial charge in [-0.25, -0.2) is 9.37 Å². The van der Waals surface area contributed by atoms with Crippen molar-refractivity contribution in [2.24, 2.45) is 0 Å². The third-order valence-corrected chi connectivity index (χ3v) is 5.93. The van der Waals surface area contributed by atoms with Crippen molar-refractivity contribution in [2.75, 3.05) is 5.75 Å². The first-order chi connectivity index (χ1) is 12.8. The number of halogens is 2. The van der Waals surface area contributed by atoms with E-state index < -0.39 is 11.4 Å². The number of hydrogen-bond donors (Lipinski definition) is 1. The number of fused-ring (bicyclic) bond motifs is 1. The van der Waals surface area contributed by atoms with Crippen LogP contribution >= 0.6 is 34.7 Å². The Morgan fingerprint density at radius 2 is 2.19 bits per heavy atom. The second-order valence-corrected chi connectivity index (χ2v) is 8.70. The Morgan fingerprint density at radius 1 is 1.41 bits per heavy atom. The molecular weight excluding hydrogens is 409 g/mol. The van der Waals surface area contributed by atoms with Crippen LogP contribution in [-0.2, 0) is 16.1 Å². The molecule has 0 saturated carbocycles. The van der Waals surface area contributed by atoms with Gasteiger partial charge in [-0.15, -0.1) is 23.1 Å². The zero-order valence-electron chi connectivity index (χ0n) is 14.7. The summed E-state index contributed by atoms with van der Waals surface area (Å²) in [6, 6.07) is 5.59. The molecule has 0 spiro atoms. The summed E-state index contributed by atoms with van der Waals surface area (Å²) in [4.78, 5) is 29.3. The summed E-state index contributed by atoms with van der Waals surface area (Å²) in [6.45, 7) is 3.61. The number of amides is 1. The number of nitrogens with one attached hydrogen (secondary N) is 1. The van der Waals surface area contributed by atoms with Crippen LogP contribution in [0.25, 0.3) is 4.96 Å². The molecule has 0 fully saturated rings. The molecule has 0 atom stereocenters. The Labute approximate surface area is 168 Å². The Kier molecular flexibility index (Phi) is 5.88. The highest BCUT2D eigenvalue weighted by atomic mass is 35.5. The Hall–Kier alpha value is -1.90. The number of carbonyl (C=O) groups excluding carboxylic acids is 1. The quantitative estimate of drug-likeness (QED) is 0.651. The van der Waals surface area contributed by atoms with Gasteiger partial charge < -0.3 is 5.32 Å². The molecule has 9 heteroatoms. The van der Waals surface area contributed by atoms with Crippen LogP contribution in [0.2, 0.25) is 5.02 Å². The van der Waals surface area contributed by atoms with E-state index in [9.17, 15) is 14.0 Å². The average molecular weight is 426 g/mol. The summed E-state index contributed by atoms with van der Waals surface area (Å²) in [5.41, 5.74) is 0.409. The van der Waals surface area contributed by atoms with Crippen molar-refractivity contribution in [3.8, 4) is 0 Å². The number of hydrogen-bond acceptors (Lipinski definition) is 5. The molecule has 1 N–H and O–H groups in total. The molecule has 0 unspecified atom stereocenters. The topological polar surface area (TPSA) is 63.5 Å². The van der Waals surface area contributed by atoms with E-state index in [1.807, 2.05) is 13.8 Å². The van der Waals surface area contributed by atoms with Crippen molar-refractivity contribution in [2.45, 2.75) is 25.1 Å². The number of thioether (sulfide) groups is 1. The van der Waals surface area contributed by atoms with Gasteiger partial charge in [0.25, 0.3) is 5.56 Å². The number of thiazole rings is 1. The largest absolute Gasteiger partial charge is 0.346 e. The minimum atomic E-state index is -0.741. The van der Waals surface area contributed by atoms with Crippen LogP contribution in [0.15, 0.2) is 40.6 Å². The molecular formula is C18H17ClFN3O2S2. The molecule has 3 aromatic rings. The lowest BCUT2D eigenvalue weighted by atomic mass is 9.94. The number of benzene rings is 1. The van der Waals surface area contributed by atoms with Gasteiger partial charge in [-0.1, -0.05) is 17.7 Å². The van der Waals surface area contributed by atoms with Gasteiger partial charge in [0.15, 0.2) is 4.96 Å². The fourth-order valence-electron chi connectivity index (χ4n) is 2.66. The van der Waals surface area contributed by atoms with Crippen molar-refractivity contribution < 1.29 is 9.18 Å². The fraction of sp³-hybridized carbons (Fsp3) is 0.278. The zero-order chi connectivity index (χ0) is 19.6. The molecule has 5 nitrogen and oxygen atoms in total. The van der Waals surface area contributed by atoms with Gasteiger partial charge in [-0.3, -0.25) is 14.0 Å². The highest BCUT2D eigenvalue weighted by Gasteiger charge is 2.25. The van der Waals surface area contributed by atoms with Crippen LogP contribution in [0.5, 0.6) is 0 Å². The van der Waals surface area contributed by atoms with Gasteiger partial charge in [0.2, 0.25) is 5.91 Å². The summed E-state index contributed by atoms with van der Waals surface area (Å²) in [5.74, 6) is 0.0505. The Morgan fingerprint density at radius 3 is 2.93 bits per heavy atom. The predicted octanol–water partition coefficient (Wildman–Crippen LogP) is 3.83. The molecule has 0 aliphatic heterocycles. The summed E-state index contributed by atoms with van der Waals surface area (Å²) in [7, 11) is 0. The van der Waals surface area contributed by atoms with Crippen molar-refractivity contribution in [1.82, 2.24) is 14.7 Å². The molecule has 0 bridgehead atoms. The molecule has 1 aromatic carbocycles. The van der Waals surface area contributed by atoms with Crippen LogP contribution in [0.4, 0.5) is 4.39 Å². The molecule has 142 valence electrons. The lowest BCUT2D eigenvalue weighted by molar-refractivity contribution is -0.120. The molecule has 1 amide bonds. The molecule has 2 heterocycles. The van der Waals surface area contributed by atoms with Gasteiger partial charge in [-0.05, 0) is 31.5 Å². The van der Waals surface area contributed by atoms with Gasteiger partial charge in [0.1, 0.15) is 5.82 Å². The maximum absolute atomic E-state index is 13.2. The Bertz CT molecular complexity index is 1050. The molecule has 0 aliphatic rings. The number of carbonyl (C=O) groups is 1. The van der Waals surface area contributed by atoms with Crippen molar-refractivity contribution in [1.29, 1.82) is 0 Å². The summed E-state index contributed by atoms with van der Waals surface area (Å²) in [5, 5.41) is 4.97. The highest BCUT2D eigenvalue weighted by Crippen LogP contribution is 2.28. The minimum Gasteiger partial charge on any atom is -0.346 e. The van der Waals surface area contributed by atoms with Gasteiger partial charge >= 0.3 is 0 Å². The SMILES string of the molecule is CC(C)(NC(=O)CSCc1cc(=O)n2ccsc2n1)c1ccc(F)cc1Cl. The number of aromatic nitrogens is 2. The predicted molar refractivity (Wildman–Crippen MR) is 108 cm³/mol. The zero-order valence-corrected chi connectivity index (χ0v) is 17.1. The van der Waals surface area contributed by atoms with Crippen molar-refractivity contribution in [3.05, 3.63) is 68.3 Å². The third-order valence-electron chi connectivity index (χ3n) is 3.90. The fourth-order valence-corrected chi connectivity index (χ4v) is 4.52. The normalized spacial score (nSPS) is 11.7. The van der Waals surface area contributed by atoms with E-state index in [2.05, 4.69) is 10.3 Å². The Balaban J connectivity index is 1.59. The van der Waals surface area contributed by atoms with Crippen LogP contribution in [0.1, 0.15) is 25.1 Å².